The van der Waals surface area contributed by atoms with E-state index < -0.39 is 0 Å². The molecular weight excluding hydrogens is 350 g/mol. The molecule has 1 saturated carbocycles. The molecule has 4 rings (SSSR count). The number of hydrogen-bond donors (Lipinski definition) is 0. The number of aromatic nitrogens is 2. The first-order valence-corrected chi connectivity index (χ1v) is 10.6. The number of rotatable bonds is 7. The molecule has 0 unspecified atom stereocenters. The fraction of sp³-hybridized carbons (Fsp3) is 0.565. The lowest BCUT2D eigenvalue weighted by Crippen LogP contribution is -2.40. The number of hydrogen-bond acceptors (Lipinski definition) is 3. The van der Waals surface area contributed by atoms with Gasteiger partial charge in [-0.2, -0.15) is 0 Å². The third-order valence-corrected chi connectivity index (χ3v) is 6.33. The molecule has 2 aromatic rings. The second kappa shape index (κ2) is 8.80. The molecule has 1 saturated heterocycles. The smallest absolute Gasteiger partial charge is 0.222 e. The zero-order valence-corrected chi connectivity index (χ0v) is 16.8. The largest absolute Gasteiger partial charge is 0.497 e. The maximum absolute atomic E-state index is 12.8. The van der Waals surface area contributed by atoms with Crippen LogP contribution in [0.3, 0.4) is 0 Å². The number of methoxy groups -OCH3 is 1. The third kappa shape index (κ3) is 4.40. The van der Waals surface area contributed by atoms with Gasteiger partial charge in [-0.15, -0.1) is 0 Å². The van der Waals surface area contributed by atoms with Crippen LogP contribution in [-0.4, -0.2) is 40.6 Å². The van der Waals surface area contributed by atoms with E-state index in [0.29, 0.717) is 12.3 Å². The van der Waals surface area contributed by atoms with E-state index in [4.69, 9.17) is 4.74 Å². The number of carbonyl (C=O) groups is 1. The lowest BCUT2D eigenvalue weighted by molar-refractivity contribution is -0.132. The Hall–Kier alpha value is -2.30. The molecule has 28 heavy (non-hydrogen) atoms. The van der Waals surface area contributed by atoms with Crippen molar-refractivity contribution in [2.45, 2.75) is 57.4 Å². The number of aryl methyl sites for hydroxylation is 1. The molecule has 0 spiro atoms. The van der Waals surface area contributed by atoms with Gasteiger partial charge in [0.15, 0.2) is 0 Å². The summed E-state index contributed by atoms with van der Waals surface area (Å²) in [5.41, 5.74) is 1.15. The number of carbonyl (C=O) groups excluding carboxylic acids is 1. The Bertz CT molecular complexity index is 797. The molecule has 5 heteroatoms. The van der Waals surface area contributed by atoms with Crippen molar-refractivity contribution < 1.29 is 9.53 Å². The molecule has 0 bridgehead atoms. The van der Waals surface area contributed by atoms with Gasteiger partial charge in [-0.25, -0.2) is 4.98 Å². The summed E-state index contributed by atoms with van der Waals surface area (Å²) in [7, 11) is 1.67. The average Bonchev–Trinajstić information content (AvgIpc) is 3.17. The number of piperidine rings is 1. The van der Waals surface area contributed by atoms with E-state index in [1.807, 2.05) is 24.4 Å². The maximum atomic E-state index is 12.8. The van der Waals surface area contributed by atoms with Crippen molar-refractivity contribution >= 4 is 5.91 Å². The molecule has 150 valence electrons. The predicted octanol–water partition coefficient (Wildman–Crippen LogP) is 4.03. The number of ether oxygens (including phenoxy) is 1. The fourth-order valence-electron chi connectivity index (χ4n) is 4.44. The molecule has 2 heterocycles. The van der Waals surface area contributed by atoms with Gasteiger partial charge in [-0.05, 0) is 55.7 Å². The van der Waals surface area contributed by atoms with Gasteiger partial charge in [-0.1, -0.05) is 18.6 Å². The van der Waals surface area contributed by atoms with Crippen molar-refractivity contribution in [3.8, 4) is 5.75 Å². The standard InChI is InChI=1S/C23H31N3O2/c1-28-21-9-3-5-18(15-21)10-11-22(27)25-13-4-8-20(17-25)23-24-12-14-26(23)16-19-6-2-7-19/h3,5,9,12,14-15,19-20H,2,4,6-8,10-11,13,16-17H2,1H3/t20-/m0/s1. The van der Waals surface area contributed by atoms with E-state index in [0.717, 1.165) is 56.1 Å². The first-order chi connectivity index (χ1) is 13.7. The summed E-state index contributed by atoms with van der Waals surface area (Å²) in [5, 5.41) is 0. The van der Waals surface area contributed by atoms with Crippen molar-refractivity contribution in [2.75, 3.05) is 20.2 Å². The van der Waals surface area contributed by atoms with Crippen LogP contribution in [0.25, 0.3) is 0 Å². The Balaban J connectivity index is 1.34. The molecule has 2 fully saturated rings. The van der Waals surface area contributed by atoms with E-state index in [1.165, 1.54) is 25.1 Å². The molecule has 1 aliphatic heterocycles. The van der Waals surface area contributed by atoms with Gasteiger partial charge < -0.3 is 14.2 Å². The minimum absolute atomic E-state index is 0.254. The second-order valence-corrected chi connectivity index (χ2v) is 8.27. The van der Waals surface area contributed by atoms with Gasteiger partial charge in [0.2, 0.25) is 5.91 Å². The molecule has 1 amide bonds. The number of imidazole rings is 1. The predicted molar refractivity (Wildman–Crippen MR) is 109 cm³/mol. The van der Waals surface area contributed by atoms with Gasteiger partial charge in [0.05, 0.1) is 7.11 Å². The summed E-state index contributed by atoms with van der Waals surface area (Å²) in [5.74, 6) is 3.46. The summed E-state index contributed by atoms with van der Waals surface area (Å²) in [6.07, 6.45) is 11.6. The monoisotopic (exact) mass is 381 g/mol. The third-order valence-electron chi connectivity index (χ3n) is 6.33. The summed E-state index contributed by atoms with van der Waals surface area (Å²) >= 11 is 0. The zero-order valence-electron chi connectivity index (χ0n) is 16.8. The Morgan fingerprint density at radius 3 is 2.93 bits per heavy atom. The second-order valence-electron chi connectivity index (χ2n) is 8.27. The molecule has 0 N–H and O–H groups in total. The van der Waals surface area contributed by atoms with Crippen LogP contribution in [0.2, 0.25) is 0 Å². The zero-order chi connectivity index (χ0) is 19.3. The molecule has 1 aromatic carbocycles. The van der Waals surface area contributed by atoms with Crippen LogP contribution < -0.4 is 4.74 Å². The van der Waals surface area contributed by atoms with Crippen LogP contribution in [-0.2, 0) is 17.8 Å². The number of benzene rings is 1. The van der Waals surface area contributed by atoms with Crippen LogP contribution in [0.15, 0.2) is 36.7 Å². The van der Waals surface area contributed by atoms with Crippen LogP contribution >= 0.6 is 0 Å². The topological polar surface area (TPSA) is 47.4 Å². The first-order valence-electron chi connectivity index (χ1n) is 10.6. The number of amides is 1. The summed E-state index contributed by atoms with van der Waals surface area (Å²) in [4.78, 5) is 19.5. The Kier molecular flexibility index (Phi) is 5.98. The lowest BCUT2D eigenvalue weighted by atomic mass is 9.85. The first kappa shape index (κ1) is 19.0. The highest BCUT2D eigenvalue weighted by atomic mass is 16.5. The highest BCUT2D eigenvalue weighted by Gasteiger charge is 2.28. The Labute approximate surface area is 167 Å². The summed E-state index contributed by atoms with van der Waals surface area (Å²) in [6, 6.07) is 8.00. The maximum Gasteiger partial charge on any atom is 0.222 e. The van der Waals surface area contributed by atoms with Gasteiger partial charge in [0.1, 0.15) is 11.6 Å². The molecular formula is C23H31N3O2. The van der Waals surface area contributed by atoms with E-state index in [-0.39, 0.29) is 5.91 Å². The highest BCUT2D eigenvalue weighted by molar-refractivity contribution is 5.76. The SMILES string of the molecule is COc1cccc(CCC(=O)N2CCC[C@H](c3nccn3CC3CCC3)C2)c1. The van der Waals surface area contributed by atoms with Gasteiger partial charge in [0, 0.05) is 44.4 Å². The normalized spacial score (nSPS) is 20.0. The van der Waals surface area contributed by atoms with Crippen molar-refractivity contribution in [1.29, 1.82) is 0 Å². The van der Waals surface area contributed by atoms with Crippen LogP contribution in [0.4, 0.5) is 0 Å². The van der Waals surface area contributed by atoms with Crippen LogP contribution in [0.1, 0.15) is 55.8 Å². The minimum atomic E-state index is 0.254. The van der Waals surface area contributed by atoms with Crippen molar-refractivity contribution in [1.82, 2.24) is 14.5 Å². The summed E-state index contributed by atoms with van der Waals surface area (Å²) < 4.78 is 7.63. The van der Waals surface area contributed by atoms with Gasteiger partial charge in [0.25, 0.3) is 0 Å². The fourth-order valence-corrected chi connectivity index (χ4v) is 4.44. The quantitative estimate of drug-likeness (QED) is 0.727. The van der Waals surface area contributed by atoms with E-state index in [9.17, 15) is 4.79 Å². The molecule has 0 radical (unpaired) electrons. The summed E-state index contributed by atoms with van der Waals surface area (Å²) in [6.45, 7) is 2.77. The minimum Gasteiger partial charge on any atom is -0.497 e. The number of nitrogens with zero attached hydrogens (tertiary/aromatic N) is 3. The van der Waals surface area contributed by atoms with E-state index in [1.54, 1.807) is 7.11 Å². The Morgan fingerprint density at radius 1 is 1.25 bits per heavy atom. The lowest BCUT2D eigenvalue weighted by Gasteiger charge is -2.34. The molecule has 2 aliphatic rings. The van der Waals surface area contributed by atoms with Crippen molar-refractivity contribution in [3.63, 3.8) is 0 Å². The van der Waals surface area contributed by atoms with Crippen LogP contribution in [0, 0.1) is 5.92 Å². The molecule has 1 atom stereocenters. The van der Waals surface area contributed by atoms with Crippen molar-refractivity contribution in [2.24, 2.45) is 5.92 Å². The van der Waals surface area contributed by atoms with Crippen molar-refractivity contribution in [3.05, 3.63) is 48.0 Å². The van der Waals surface area contributed by atoms with Gasteiger partial charge in [-0.3, -0.25) is 4.79 Å². The molecule has 1 aliphatic carbocycles. The number of likely N-dealkylation sites (tertiary alicyclic amines) is 1. The Morgan fingerprint density at radius 2 is 2.14 bits per heavy atom. The highest BCUT2D eigenvalue weighted by Crippen LogP contribution is 2.31. The van der Waals surface area contributed by atoms with Crippen LogP contribution in [0.5, 0.6) is 5.75 Å². The molecule has 1 aromatic heterocycles. The molecule has 5 nitrogen and oxygen atoms in total. The van der Waals surface area contributed by atoms with E-state index >= 15 is 0 Å². The van der Waals surface area contributed by atoms with E-state index in [2.05, 4.69) is 26.7 Å². The average molecular weight is 382 g/mol. The van der Waals surface area contributed by atoms with Gasteiger partial charge >= 0.3 is 0 Å².